The van der Waals surface area contributed by atoms with E-state index >= 15 is 0 Å². The first-order valence-corrected chi connectivity index (χ1v) is 6.97. The van der Waals surface area contributed by atoms with Gasteiger partial charge in [-0.1, -0.05) is 37.8 Å². The Morgan fingerprint density at radius 2 is 2.11 bits per heavy atom. The molecule has 104 valence electrons. The molecule has 0 amide bonds. The van der Waals surface area contributed by atoms with E-state index < -0.39 is 5.60 Å². The minimum atomic E-state index is -0.915. The van der Waals surface area contributed by atoms with E-state index in [4.69, 9.17) is 5.73 Å². The van der Waals surface area contributed by atoms with Gasteiger partial charge in [0.15, 0.2) is 0 Å². The van der Waals surface area contributed by atoms with Gasteiger partial charge in [-0.2, -0.15) is 0 Å². The largest absolute Gasteiger partial charge is 0.378 e. The summed E-state index contributed by atoms with van der Waals surface area (Å²) in [6.45, 7) is 6.66. The molecule has 1 rings (SSSR count). The van der Waals surface area contributed by atoms with Gasteiger partial charge < -0.3 is 10.8 Å². The van der Waals surface area contributed by atoms with E-state index in [1.54, 1.807) is 6.92 Å². The van der Waals surface area contributed by atoms with Crippen molar-refractivity contribution >= 4 is 0 Å². The third kappa shape index (κ3) is 6.42. The average molecular weight is 259 g/mol. The van der Waals surface area contributed by atoms with Gasteiger partial charge in [0.25, 0.3) is 0 Å². The highest BCUT2D eigenvalue weighted by molar-refractivity contribution is 5.38. The van der Waals surface area contributed by atoms with Crippen LogP contribution in [0.1, 0.15) is 44.7 Å². The summed E-state index contributed by atoms with van der Waals surface area (Å²) in [5.41, 5.74) is 6.81. The SMILES string of the molecule is CC(C)CC(C)(O)C#Cc1cccc(CCCN)c1. The molecular weight excluding hydrogens is 234 g/mol. The van der Waals surface area contributed by atoms with Crippen LogP contribution >= 0.6 is 0 Å². The average Bonchev–Trinajstić information content (AvgIpc) is 2.33. The van der Waals surface area contributed by atoms with E-state index in [1.165, 1.54) is 5.56 Å². The lowest BCUT2D eigenvalue weighted by Crippen LogP contribution is -2.23. The molecule has 2 heteroatoms. The molecule has 0 aliphatic heterocycles. The lowest BCUT2D eigenvalue weighted by atomic mass is 9.94. The summed E-state index contributed by atoms with van der Waals surface area (Å²) in [7, 11) is 0. The molecule has 1 atom stereocenters. The second-order valence-corrected chi connectivity index (χ2v) is 5.71. The molecule has 3 N–H and O–H groups in total. The molecule has 0 spiro atoms. The zero-order valence-corrected chi connectivity index (χ0v) is 12.2. The van der Waals surface area contributed by atoms with Crippen LogP contribution in [-0.2, 0) is 6.42 Å². The smallest absolute Gasteiger partial charge is 0.123 e. The monoisotopic (exact) mass is 259 g/mol. The van der Waals surface area contributed by atoms with E-state index in [9.17, 15) is 5.11 Å². The summed E-state index contributed by atoms with van der Waals surface area (Å²) in [4.78, 5) is 0. The summed E-state index contributed by atoms with van der Waals surface area (Å²) < 4.78 is 0. The first-order chi connectivity index (χ1) is 8.93. The first kappa shape index (κ1) is 15.8. The van der Waals surface area contributed by atoms with Crippen molar-refractivity contribution in [3.8, 4) is 11.8 Å². The Hall–Kier alpha value is -1.30. The first-order valence-electron chi connectivity index (χ1n) is 6.97. The molecular formula is C17H25NO. The third-order valence-corrected chi connectivity index (χ3v) is 2.88. The van der Waals surface area contributed by atoms with E-state index in [1.807, 2.05) is 12.1 Å². The zero-order chi connectivity index (χ0) is 14.3. The predicted octanol–water partition coefficient (Wildman–Crippen LogP) is 2.73. The Morgan fingerprint density at radius 1 is 1.37 bits per heavy atom. The van der Waals surface area contributed by atoms with Crippen molar-refractivity contribution in [2.75, 3.05) is 6.54 Å². The van der Waals surface area contributed by atoms with Crippen LogP contribution in [-0.4, -0.2) is 17.3 Å². The van der Waals surface area contributed by atoms with Crippen molar-refractivity contribution in [1.82, 2.24) is 0 Å². The van der Waals surface area contributed by atoms with Gasteiger partial charge in [-0.05, 0) is 56.3 Å². The summed E-state index contributed by atoms with van der Waals surface area (Å²) in [5, 5.41) is 10.2. The molecule has 1 aromatic carbocycles. The maximum Gasteiger partial charge on any atom is 0.123 e. The summed E-state index contributed by atoms with van der Waals surface area (Å²) in [6, 6.07) is 8.15. The molecule has 1 unspecified atom stereocenters. The van der Waals surface area contributed by atoms with Crippen molar-refractivity contribution in [2.45, 2.75) is 45.6 Å². The van der Waals surface area contributed by atoms with Crippen LogP contribution in [0.25, 0.3) is 0 Å². The Morgan fingerprint density at radius 3 is 2.74 bits per heavy atom. The normalized spacial score (nSPS) is 13.8. The fourth-order valence-electron chi connectivity index (χ4n) is 2.16. The minimum absolute atomic E-state index is 0.431. The van der Waals surface area contributed by atoms with Crippen LogP contribution in [0.5, 0.6) is 0 Å². The van der Waals surface area contributed by atoms with Crippen molar-refractivity contribution in [3.63, 3.8) is 0 Å². The fraction of sp³-hybridized carbons (Fsp3) is 0.529. The molecule has 0 aromatic heterocycles. The van der Waals surface area contributed by atoms with Gasteiger partial charge in [-0.3, -0.25) is 0 Å². The summed E-state index contributed by atoms with van der Waals surface area (Å²) in [5.74, 6) is 6.48. The predicted molar refractivity (Wildman–Crippen MR) is 80.8 cm³/mol. The minimum Gasteiger partial charge on any atom is -0.378 e. The summed E-state index contributed by atoms with van der Waals surface area (Å²) >= 11 is 0. The van der Waals surface area contributed by atoms with Crippen LogP contribution in [0, 0.1) is 17.8 Å². The lowest BCUT2D eigenvalue weighted by molar-refractivity contribution is 0.0976. The van der Waals surface area contributed by atoms with Crippen molar-refractivity contribution in [2.24, 2.45) is 11.7 Å². The highest BCUT2D eigenvalue weighted by atomic mass is 16.3. The molecule has 0 saturated carbocycles. The Kier molecular flexibility index (Phi) is 6.08. The van der Waals surface area contributed by atoms with Gasteiger partial charge in [0, 0.05) is 5.56 Å². The maximum atomic E-state index is 10.2. The Balaban J connectivity index is 2.77. The number of hydrogen-bond donors (Lipinski definition) is 2. The number of aryl methyl sites for hydroxylation is 1. The van der Waals surface area contributed by atoms with Gasteiger partial charge in [-0.25, -0.2) is 0 Å². The van der Waals surface area contributed by atoms with E-state index in [-0.39, 0.29) is 0 Å². The van der Waals surface area contributed by atoms with E-state index in [2.05, 4.69) is 37.8 Å². The Labute approximate surface area is 117 Å². The quantitative estimate of drug-likeness (QED) is 0.799. The second kappa shape index (κ2) is 7.33. The third-order valence-electron chi connectivity index (χ3n) is 2.88. The van der Waals surface area contributed by atoms with E-state index in [0.717, 1.165) is 18.4 Å². The van der Waals surface area contributed by atoms with Crippen LogP contribution in [0.2, 0.25) is 0 Å². The molecule has 2 nitrogen and oxygen atoms in total. The molecule has 0 heterocycles. The standard InChI is InChI=1S/C17H25NO/c1-14(2)13-17(3,19)10-9-16-7-4-6-15(12-16)8-5-11-18/h4,6-7,12,14,19H,5,8,11,13,18H2,1-3H3. The number of aliphatic hydroxyl groups is 1. The summed E-state index contributed by atoms with van der Waals surface area (Å²) in [6.07, 6.45) is 2.66. The fourth-order valence-corrected chi connectivity index (χ4v) is 2.16. The molecule has 1 aromatic rings. The van der Waals surface area contributed by atoms with Crippen molar-refractivity contribution in [1.29, 1.82) is 0 Å². The molecule has 0 saturated heterocycles. The molecule has 0 fully saturated rings. The van der Waals surface area contributed by atoms with Crippen LogP contribution in [0.15, 0.2) is 24.3 Å². The number of rotatable bonds is 5. The van der Waals surface area contributed by atoms with Crippen LogP contribution in [0.4, 0.5) is 0 Å². The number of hydrogen-bond acceptors (Lipinski definition) is 2. The molecule has 19 heavy (non-hydrogen) atoms. The van der Waals surface area contributed by atoms with Gasteiger partial charge in [0.2, 0.25) is 0 Å². The van der Waals surface area contributed by atoms with E-state index in [0.29, 0.717) is 18.9 Å². The highest BCUT2D eigenvalue weighted by Crippen LogP contribution is 2.15. The van der Waals surface area contributed by atoms with Gasteiger partial charge in [0.1, 0.15) is 5.60 Å². The zero-order valence-electron chi connectivity index (χ0n) is 12.2. The topological polar surface area (TPSA) is 46.2 Å². The van der Waals surface area contributed by atoms with Gasteiger partial charge in [-0.15, -0.1) is 0 Å². The van der Waals surface area contributed by atoms with Crippen LogP contribution in [0.3, 0.4) is 0 Å². The van der Waals surface area contributed by atoms with Gasteiger partial charge in [0.05, 0.1) is 0 Å². The Bertz CT molecular complexity index is 452. The lowest BCUT2D eigenvalue weighted by Gasteiger charge is -2.18. The van der Waals surface area contributed by atoms with Gasteiger partial charge >= 0.3 is 0 Å². The molecule has 0 radical (unpaired) electrons. The van der Waals surface area contributed by atoms with Crippen molar-refractivity contribution < 1.29 is 5.11 Å². The number of benzene rings is 1. The maximum absolute atomic E-state index is 10.2. The van der Waals surface area contributed by atoms with Crippen molar-refractivity contribution in [3.05, 3.63) is 35.4 Å². The molecule has 0 bridgehead atoms. The highest BCUT2D eigenvalue weighted by Gasteiger charge is 2.18. The molecule has 0 aliphatic rings. The number of nitrogens with two attached hydrogens (primary N) is 1. The molecule has 0 aliphatic carbocycles. The second-order valence-electron chi connectivity index (χ2n) is 5.71. The van der Waals surface area contributed by atoms with Crippen LogP contribution < -0.4 is 5.73 Å².